The fourth-order valence-corrected chi connectivity index (χ4v) is 3.66. The van der Waals surface area contributed by atoms with Crippen LogP contribution in [0.3, 0.4) is 0 Å². The quantitative estimate of drug-likeness (QED) is 0.220. The second-order valence-electron chi connectivity index (χ2n) is 7.24. The zero-order valence-electron chi connectivity index (χ0n) is 17.6. The molecule has 0 heterocycles. The summed E-state index contributed by atoms with van der Waals surface area (Å²) in [4.78, 5) is 25.8. The summed E-state index contributed by atoms with van der Waals surface area (Å²) < 4.78 is 10.5. The Labute approximate surface area is 172 Å². The molecule has 0 saturated heterocycles. The van der Waals surface area contributed by atoms with Gasteiger partial charge in [0.25, 0.3) is 0 Å². The molecule has 1 aliphatic rings. The monoisotopic (exact) mass is 401 g/mol. The molecule has 158 valence electrons. The SMILES string of the molecule is CCCCCCCCCC/C(=N\O)C1=CC(=O)c2c(OC)ccc(OC)c2C1=O. The first-order valence-electron chi connectivity index (χ1n) is 10.4. The van der Waals surface area contributed by atoms with Gasteiger partial charge in [-0.05, 0) is 31.1 Å². The molecule has 0 atom stereocenters. The number of ether oxygens (including phenoxy) is 2. The normalized spacial score (nSPS) is 13.9. The van der Waals surface area contributed by atoms with E-state index in [0.717, 1.165) is 19.3 Å². The maximum absolute atomic E-state index is 13.1. The van der Waals surface area contributed by atoms with E-state index in [1.54, 1.807) is 12.1 Å². The van der Waals surface area contributed by atoms with Gasteiger partial charge in [0.15, 0.2) is 11.6 Å². The molecule has 1 N–H and O–H groups in total. The number of hydrogen-bond donors (Lipinski definition) is 1. The lowest BCUT2D eigenvalue weighted by Crippen LogP contribution is -2.23. The van der Waals surface area contributed by atoms with Crippen molar-refractivity contribution in [2.24, 2.45) is 5.16 Å². The van der Waals surface area contributed by atoms with Crippen LogP contribution in [0.5, 0.6) is 11.5 Å². The highest BCUT2D eigenvalue weighted by atomic mass is 16.5. The number of carbonyl (C=O) groups excluding carboxylic acids is 2. The largest absolute Gasteiger partial charge is 0.496 e. The van der Waals surface area contributed by atoms with Crippen LogP contribution in [0.25, 0.3) is 0 Å². The molecule has 0 unspecified atom stereocenters. The average molecular weight is 402 g/mol. The number of unbranched alkanes of at least 4 members (excludes halogenated alkanes) is 7. The van der Waals surface area contributed by atoms with E-state index in [4.69, 9.17) is 9.47 Å². The van der Waals surface area contributed by atoms with Crippen molar-refractivity contribution in [2.75, 3.05) is 14.2 Å². The van der Waals surface area contributed by atoms with Gasteiger partial charge in [0.05, 0.1) is 36.6 Å². The maximum Gasteiger partial charge on any atom is 0.199 e. The fraction of sp³-hybridized carbons (Fsp3) is 0.522. The number of allylic oxidation sites excluding steroid dienone is 2. The lowest BCUT2D eigenvalue weighted by molar-refractivity contribution is 0.0983. The summed E-state index contributed by atoms with van der Waals surface area (Å²) >= 11 is 0. The third-order valence-electron chi connectivity index (χ3n) is 5.26. The molecule has 0 aromatic heterocycles. The molecule has 1 aliphatic carbocycles. The van der Waals surface area contributed by atoms with Gasteiger partial charge in [0, 0.05) is 0 Å². The lowest BCUT2D eigenvalue weighted by atomic mass is 9.85. The van der Waals surface area contributed by atoms with Crippen molar-refractivity contribution in [3.63, 3.8) is 0 Å². The molecule has 0 fully saturated rings. The van der Waals surface area contributed by atoms with E-state index >= 15 is 0 Å². The zero-order chi connectivity index (χ0) is 21.2. The Balaban J connectivity index is 2.07. The predicted octanol–water partition coefficient (Wildman–Crippen LogP) is 5.37. The molecule has 0 radical (unpaired) electrons. The minimum Gasteiger partial charge on any atom is -0.496 e. The second kappa shape index (κ2) is 11.4. The van der Waals surface area contributed by atoms with Crippen molar-refractivity contribution < 1.29 is 24.3 Å². The van der Waals surface area contributed by atoms with Crippen molar-refractivity contribution in [2.45, 2.75) is 64.7 Å². The number of hydrogen-bond acceptors (Lipinski definition) is 6. The summed E-state index contributed by atoms with van der Waals surface area (Å²) in [5, 5.41) is 12.8. The summed E-state index contributed by atoms with van der Waals surface area (Å²) in [6, 6.07) is 3.20. The van der Waals surface area contributed by atoms with Crippen LogP contribution < -0.4 is 9.47 Å². The van der Waals surface area contributed by atoms with Crippen molar-refractivity contribution in [1.29, 1.82) is 0 Å². The van der Waals surface area contributed by atoms with E-state index in [9.17, 15) is 14.8 Å². The molecule has 6 nitrogen and oxygen atoms in total. The van der Waals surface area contributed by atoms with E-state index in [-0.39, 0.29) is 34.0 Å². The molecule has 0 aliphatic heterocycles. The Kier molecular flexibility index (Phi) is 8.90. The number of nitrogens with zero attached hydrogens (tertiary/aromatic N) is 1. The molecule has 1 aromatic carbocycles. The Hall–Kier alpha value is -2.63. The highest BCUT2D eigenvalue weighted by molar-refractivity contribution is 6.37. The van der Waals surface area contributed by atoms with Crippen LogP contribution >= 0.6 is 0 Å². The molecule has 0 spiro atoms. The predicted molar refractivity (Wildman–Crippen MR) is 113 cm³/mol. The first-order chi connectivity index (χ1) is 14.1. The van der Waals surface area contributed by atoms with Crippen molar-refractivity contribution in [3.05, 3.63) is 34.9 Å². The molecular formula is C23H31NO5. The molecule has 0 amide bonds. The van der Waals surface area contributed by atoms with E-state index in [1.165, 1.54) is 52.4 Å². The fourth-order valence-electron chi connectivity index (χ4n) is 3.66. The Morgan fingerprint density at radius 2 is 1.45 bits per heavy atom. The highest BCUT2D eigenvalue weighted by Crippen LogP contribution is 2.36. The molecule has 0 saturated carbocycles. The maximum atomic E-state index is 13.1. The van der Waals surface area contributed by atoms with E-state index in [0.29, 0.717) is 17.9 Å². The van der Waals surface area contributed by atoms with Gasteiger partial charge in [-0.15, -0.1) is 0 Å². The Bertz CT molecular complexity index is 795. The lowest BCUT2D eigenvalue weighted by Gasteiger charge is -2.20. The average Bonchev–Trinajstić information content (AvgIpc) is 2.74. The van der Waals surface area contributed by atoms with Crippen molar-refractivity contribution in [1.82, 2.24) is 0 Å². The topological polar surface area (TPSA) is 85.2 Å². The minimum atomic E-state index is -0.386. The van der Waals surface area contributed by atoms with Gasteiger partial charge in [-0.2, -0.15) is 0 Å². The van der Waals surface area contributed by atoms with Gasteiger partial charge < -0.3 is 14.7 Å². The number of benzene rings is 1. The number of methoxy groups -OCH3 is 2. The van der Waals surface area contributed by atoms with Crippen LogP contribution in [0, 0.1) is 0 Å². The van der Waals surface area contributed by atoms with Gasteiger partial charge in [-0.25, -0.2) is 0 Å². The first kappa shape index (κ1) is 22.7. The molecule has 6 heteroatoms. The van der Waals surface area contributed by atoms with Crippen LogP contribution in [0.15, 0.2) is 28.9 Å². The number of rotatable bonds is 12. The van der Waals surface area contributed by atoms with Crippen LogP contribution in [-0.4, -0.2) is 36.7 Å². The van der Waals surface area contributed by atoms with Crippen LogP contribution in [-0.2, 0) is 0 Å². The van der Waals surface area contributed by atoms with E-state index in [1.807, 2.05) is 0 Å². The van der Waals surface area contributed by atoms with Crippen molar-refractivity contribution in [3.8, 4) is 11.5 Å². The van der Waals surface area contributed by atoms with Crippen molar-refractivity contribution >= 4 is 17.3 Å². The molecular weight excluding hydrogens is 370 g/mol. The number of ketones is 2. The molecule has 2 rings (SSSR count). The van der Waals surface area contributed by atoms with Gasteiger partial charge in [0.1, 0.15) is 11.5 Å². The summed E-state index contributed by atoms with van der Waals surface area (Å²) in [7, 11) is 2.89. The minimum absolute atomic E-state index is 0.125. The third-order valence-corrected chi connectivity index (χ3v) is 5.26. The van der Waals surface area contributed by atoms with Crippen LogP contribution in [0.4, 0.5) is 0 Å². The molecule has 0 bridgehead atoms. The second-order valence-corrected chi connectivity index (χ2v) is 7.24. The Morgan fingerprint density at radius 3 is 2.00 bits per heavy atom. The van der Waals surface area contributed by atoms with E-state index < -0.39 is 0 Å². The summed E-state index contributed by atoms with van der Waals surface area (Å²) in [5.74, 6) is -0.126. The number of carbonyl (C=O) groups is 2. The third kappa shape index (κ3) is 5.46. The van der Waals surface area contributed by atoms with Gasteiger partial charge in [-0.1, -0.05) is 57.0 Å². The summed E-state index contributed by atoms with van der Waals surface area (Å²) in [6.45, 7) is 2.20. The standard InChI is InChI=1S/C23H31NO5/c1-4-5-6-7-8-9-10-11-12-17(24-27)16-15-18(25)21-19(28-2)13-14-20(29-3)22(21)23(16)26/h13-15,27H,4-12H2,1-3H3/b24-17+. The number of Topliss-reactive ketones (excluding diaryl/α,β-unsaturated/α-hetero) is 1. The van der Waals surface area contributed by atoms with E-state index in [2.05, 4.69) is 12.1 Å². The molecule has 29 heavy (non-hydrogen) atoms. The van der Waals surface area contributed by atoms with Crippen LogP contribution in [0.1, 0.15) is 85.4 Å². The zero-order valence-corrected chi connectivity index (χ0v) is 17.6. The summed E-state index contributed by atoms with van der Waals surface area (Å²) in [5.41, 5.74) is 0.709. The van der Waals surface area contributed by atoms with Gasteiger partial charge in [-0.3, -0.25) is 9.59 Å². The first-order valence-corrected chi connectivity index (χ1v) is 10.4. The Morgan fingerprint density at radius 1 is 0.897 bits per heavy atom. The number of fused-ring (bicyclic) bond motifs is 1. The smallest absolute Gasteiger partial charge is 0.199 e. The highest BCUT2D eigenvalue weighted by Gasteiger charge is 2.33. The summed E-state index contributed by atoms with van der Waals surface area (Å²) in [6.07, 6.45) is 10.8. The molecule has 1 aromatic rings. The van der Waals surface area contributed by atoms with Gasteiger partial charge >= 0.3 is 0 Å². The van der Waals surface area contributed by atoms with Gasteiger partial charge in [0.2, 0.25) is 0 Å². The van der Waals surface area contributed by atoms with Crippen LogP contribution in [0.2, 0.25) is 0 Å². The number of oxime groups is 1.